The molecule has 0 saturated heterocycles. The lowest BCUT2D eigenvalue weighted by atomic mass is 10.3. The molecule has 1 aromatic heterocycles. The highest BCUT2D eigenvalue weighted by molar-refractivity contribution is 7.09. The Morgan fingerprint density at radius 3 is 3.05 bits per heavy atom. The fourth-order valence-corrected chi connectivity index (χ4v) is 2.47. The first-order valence-electron chi connectivity index (χ1n) is 6.27. The summed E-state index contributed by atoms with van der Waals surface area (Å²) in [5, 5.41) is 2.73. The lowest BCUT2D eigenvalue weighted by Crippen LogP contribution is -2.19. The lowest BCUT2D eigenvalue weighted by Gasteiger charge is -2.06. The molecule has 106 valence electrons. The summed E-state index contributed by atoms with van der Waals surface area (Å²) in [4.78, 5) is 17.0. The van der Waals surface area contributed by atoms with Crippen LogP contribution in [0.5, 0.6) is 0 Å². The van der Waals surface area contributed by atoms with Gasteiger partial charge in [-0.2, -0.15) is 0 Å². The van der Waals surface area contributed by atoms with E-state index >= 15 is 0 Å². The lowest BCUT2D eigenvalue weighted by molar-refractivity contribution is -0.120. The molecule has 0 aliphatic carbocycles. The molecule has 5 nitrogen and oxygen atoms in total. The number of amides is 1. The third-order valence-corrected chi connectivity index (χ3v) is 3.72. The second kappa shape index (κ2) is 7.02. The van der Waals surface area contributed by atoms with E-state index in [1.165, 1.54) is 4.88 Å². The molecule has 0 fully saturated rings. The van der Waals surface area contributed by atoms with Crippen LogP contribution in [0.25, 0.3) is 0 Å². The average molecular weight is 291 g/mol. The molecule has 0 unspecified atom stereocenters. The molecule has 1 amide bonds. The van der Waals surface area contributed by atoms with Crippen LogP contribution in [0.4, 0.5) is 11.4 Å². The molecule has 6 heteroatoms. The SMILES string of the molecule is Cc1ncsc1CCOCC(=O)Nc1cccc(N)c1. The zero-order valence-corrected chi connectivity index (χ0v) is 12.1. The third-order valence-electron chi connectivity index (χ3n) is 2.72. The first-order chi connectivity index (χ1) is 9.65. The van der Waals surface area contributed by atoms with Crippen LogP contribution in [-0.4, -0.2) is 24.1 Å². The predicted molar refractivity (Wildman–Crippen MR) is 80.9 cm³/mol. The first-order valence-corrected chi connectivity index (χ1v) is 7.15. The normalized spacial score (nSPS) is 10.4. The van der Waals surface area contributed by atoms with Gasteiger partial charge in [0.1, 0.15) is 6.61 Å². The number of aromatic nitrogens is 1. The Labute approximate surface area is 121 Å². The minimum atomic E-state index is -0.184. The standard InChI is InChI=1S/C14H17N3O2S/c1-10-13(20-9-16-10)5-6-19-8-14(18)17-12-4-2-3-11(15)7-12/h2-4,7,9H,5-6,8,15H2,1H3,(H,17,18). The van der Waals surface area contributed by atoms with Crippen LogP contribution in [0.2, 0.25) is 0 Å². The highest BCUT2D eigenvalue weighted by atomic mass is 32.1. The molecule has 0 atom stereocenters. The molecule has 0 aliphatic rings. The van der Waals surface area contributed by atoms with Crippen LogP contribution in [0, 0.1) is 6.92 Å². The van der Waals surface area contributed by atoms with Gasteiger partial charge >= 0.3 is 0 Å². The number of nitrogens with zero attached hydrogens (tertiary/aromatic N) is 1. The largest absolute Gasteiger partial charge is 0.399 e. The smallest absolute Gasteiger partial charge is 0.250 e. The van der Waals surface area contributed by atoms with Crippen molar-refractivity contribution in [3.05, 3.63) is 40.3 Å². The Morgan fingerprint density at radius 2 is 2.35 bits per heavy atom. The van der Waals surface area contributed by atoms with Crippen LogP contribution in [0.1, 0.15) is 10.6 Å². The van der Waals surface area contributed by atoms with Crippen LogP contribution < -0.4 is 11.1 Å². The molecule has 0 aliphatic heterocycles. The van der Waals surface area contributed by atoms with Gasteiger partial charge in [-0.15, -0.1) is 11.3 Å². The fraction of sp³-hybridized carbons (Fsp3) is 0.286. The van der Waals surface area contributed by atoms with Gasteiger partial charge in [-0.25, -0.2) is 4.98 Å². The summed E-state index contributed by atoms with van der Waals surface area (Å²) in [6, 6.07) is 7.05. The molecule has 3 N–H and O–H groups in total. The summed E-state index contributed by atoms with van der Waals surface area (Å²) in [6.45, 7) is 2.51. The third kappa shape index (κ3) is 4.32. The molecule has 2 aromatic rings. The summed E-state index contributed by atoms with van der Waals surface area (Å²) in [7, 11) is 0. The monoisotopic (exact) mass is 291 g/mol. The van der Waals surface area contributed by atoms with Gasteiger partial charge in [0.15, 0.2) is 0 Å². The number of aryl methyl sites for hydroxylation is 1. The van der Waals surface area contributed by atoms with Crippen molar-refractivity contribution in [2.45, 2.75) is 13.3 Å². The van der Waals surface area contributed by atoms with Crippen molar-refractivity contribution in [2.75, 3.05) is 24.3 Å². The van der Waals surface area contributed by atoms with Crippen LogP contribution in [-0.2, 0) is 16.0 Å². The predicted octanol–water partition coefficient (Wildman–Crippen LogP) is 2.23. The fourth-order valence-electron chi connectivity index (χ4n) is 1.71. The van der Waals surface area contributed by atoms with E-state index in [9.17, 15) is 4.79 Å². The number of hydrogen-bond donors (Lipinski definition) is 2. The molecule has 20 heavy (non-hydrogen) atoms. The maximum absolute atomic E-state index is 11.7. The Morgan fingerprint density at radius 1 is 1.50 bits per heavy atom. The Kier molecular flexibility index (Phi) is 5.09. The average Bonchev–Trinajstić information content (AvgIpc) is 2.80. The number of hydrogen-bond acceptors (Lipinski definition) is 5. The topological polar surface area (TPSA) is 77.2 Å². The summed E-state index contributed by atoms with van der Waals surface area (Å²) in [5.74, 6) is -0.184. The molecule has 0 saturated carbocycles. The summed E-state index contributed by atoms with van der Waals surface area (Å²) in [5.41, 5.74) is 9.78. The summed E-state index contributed by atoms with van der Waals surface area (Å²) < 4.78 is 5.36. The van der Waals surface area contributed by atoms with E-state index in [0.717, 1.165) is 12.1 Å². The van der Waals surface area contributed by atoms with Gasteiger partial charge in [0.25, 0.3) is 0 Å². The highest BCUT2D eigenvalue weighted by Crippen LogP contribution is 2.13. The number of carbonyl (C=O) groups excluding carboxylic acids is 1. The van der Waals surface area contributed by atoms with Crippen molar-refractivity contribution < 1.29 is 9.53 Å². The van der Waals surface area contributed by atoms with Crippen molar-refractivity contribution in [3.8, 4) is 0 Å². The maximum atomic E-state index is 11.7. The van der Waals surface area contributed by atoms with Gasteiger partial charge in [0, 0.05) is 22.7 Å². The molecule has 1 aromatic carbocycles. The second-order valence-corrected chi connectivity index (χ2v) is 5.28. The van der Waals surface area contributed by atoms with E-state index in [1.54, 1.807) is 35.6 Å². The van der Waals surface area contributed by atoms with Gasteiger partial charge in [-0.1, -0.05) is 6.07 Å². The number of nitrogens with one attached hydrogen (secondary N) is 1. The van der Waals surface area contributed by atoms with Gasteiger partial charge in [-0.3, -0.25) is 4.79 Å². The Balaban J connectivity index is 1.69. The van der Waals surface area contributed by atoms with Gasteiger partial charge < -0.3 is 15.8 Å². The zero-order chi connectivity index (χ0) is 14.4. The second-order valence-electron chi connectivity index (χ2n) is 4.34. The number of rotatable bonds is 6. The van der Waals surface area contributed by atoms with E-state index in [4.69, 9.17) is 10.5 Å². The van der Waals surface area contributed by atoms with Gasteiger partial charge in [0.2, 0.25) is 5.91 Å². The molecular formula is C14H17N3O2S. The van der Waals surface area contributed by atoms with Crippen LogP contribution in [0.3, 0.4) is 0 Å². The number of thiazole rings is 1. The minimum absolute atomic E-state index is 0.0344. The summed E-state index contributed by atoms with van der Waals surface area (Å²) >= 11 is 1.61. The number of nitrogens with two attached hydrogens (primary N) is 1. The molecule has 0 radical (unpaired) electrons. The summed E-state index contributed by atoms with van der Waals surface area (Å²) in [6.07, 6.45) is 0.780. The van der Waals surface area contributed by atoms with E-state index in [2.05, 4.69) is 10.3 Å². The number of nitrogen functional groups attached to an aromatic ring is 1. The highest BCUT2D eigenvalue weighted by Gasteiger charge is 2.04. The van der Waals surface area contributed by atoms with Crippen molar-refractivity contribution in [1.29, 1.82) is 0 Å². The zero-order valence-electron chi connectivity index (χ0n) is 11.3. The number of anilines is 2. The van der Waals surface area contributed by atoms with E-state index in [0.29, 0.717) is 18.0 Å². The van der Waals surface area contributed by atoms with Crippen LogP contribution in [0.15, 0.2) is 29.8 Å². The quantitative estimate of drug-likeness (QED) is 0.632. The Hall–Kier alpha value is -1.92. The van der Waals surface area contributed by atoms with Crippen molar-refractivity contribution in [2.24, 2.45) is 0 Å². The van der Waals surface area contributed by atoms with E-state index in [1.807, 2.05) is 12.4 Å². The maximum Gasteiger partial charge on any atom is 0.250 e. The molecule has 1 heterocycles. The molecule has 2 rings (SSSR count). The number of ether oxygens (including phenoxy) is 1. The number of benzene rings is 1. The molecule has 0 bridgehead atoms. The molecule has 0 spiro atoms. The van der Waals surface area contributed by atoms with Crippen molar-refractivity contribution in [1.82, 2.24) is 4.98 Å². The van der Waals surface area contributed by atoms with E-state index < -0.39 is 0 Å². The van der Waals surface area contributed by atoms with E-state index in [-0.39, 0.29) is 12.5 Å². The van der Waals surface area contributed by atoms with Crippen molar-refractivity contribution in [3.63, 3.8) is 0 Å². The first kappa shape index (κ1) is 14.5. The van der Waals surface area contributed by atoms with Crippen molar-refractivity contribution >= 4 is 28.6 Å². The Bertz CT molecular complexity index is 583. The van der Waals surface area contributed by atoms with Crippen LogP contribution >= 0.6 is 11.3 Å². The minimum Gasteiger partial charge on any atom is -0.399 e. The van der Waals surface area contributed by atoms with Gasteiger partial charge in [0.05, 0.1) is 17.8 Å². The van der Waals surface area contributed by atoms with Gasteiger partial charge in [-0.05, 0) is 25.1 Å². The molecular weight excluding hydrogens is 274 g/mol. The number of carbonyl (C=O) groups is 1.